The summed E-state index contributed by atoms with van der Waals surface area (Å²) in [6.07, 6.45) is 6.57. The lowest BCUT2D eigenvalue weighted by atomic mass is 10.1. The highest BCUT2D eigenvalue weighted by Gasteiger charge is 2.21. The van der Waals surface area contributed by atoms with Crippen LogP contribution in [-0.2, 0) is 6.54 Å². The Labute approximate surface area is 235 Å². The van der Waals surface area contributed by atoms with E-state index in [-0.39, 0.29) is 0 Å². The van der Waals surface area contributed by atoms with Gasteiger partial charge in [-0.1, -0.05) is 35.9 Å². The predicted octanol–water partition coefficient (Wildman–Crippen LogP) is 5.48. The molecule has 0 atom stereocenters. The summed E-state index contributed by atoms with van der Waals surface area (Å²) in [6, 6.07) is 14.7. The van der Waals surface area contributed by atoms with E-state index in [1.165, 1.54) is 36.8 Å². The first kappa shape index (κ1) is 26.1. The van der Waals surface area contributed by atoms with Gasteiger partial charge in [0.2, 0.25) is 17.8 Å². The van der Waals surface area contributed by atoms with Crippen molar-refractivity contribution in [2.24, 2.45) is 5.10 Å². The summed E-state index contributed by atoms with van der Waals surface area (Å²) in [5.41, 5.74) is 8.90. The molecule has 0 aliphatic carbocycles. The molecule has 0 bridgehead atoms. The maximum atomic E-state index is 6.16. The van der Waals surface area contributed by atoms with Crippen LogP contribution in [0.2, 0.25) is 0 Å². The first-order chi connectivity index (χ1) is 19.6. The predicted molar refractivity (Wildman–Crippen MR) is 162 cm³/mol. The molecular formula is C31H38N8O. The fourth-order valence-electron chi connectivity index (χ4n) is 5.79. The minimum atomic E-state index is 0.485. The van der Waals surface area contributed by atoms with Gasteiger partial charge >= 0.3 is 0 Å². The van der Waals surface area contributed by atoms with Gasteiger partial charge < -0.3 is 19.1 Å². The molecule has 9 heteroatoms. The number of hydrogen-bond donors (Lipinski definition) is 1. The van der Waals surface area contributed by atoms with Crippen molar-refractivity contribution in [2.75, 3.05) is 48.0 Å². The van der Waals surface area contributed by atoms with Gasteiger partial charge in [-0.15, -0.1) is 0 Å². The van der Waals surface area contributed by atoms with Crippen molar-refractivity contribution in [3.63, 3.8) is 0 Å². The molecule has 0 unspecified atom stereocenters. The molecule has 9 nitrogen and oxygen atoms in total. The third-order valence-electron chi connectivity index (χ3n) is 7.93. The lowest BCUT2D eigenvalue weighted by Crippen LogP contribution is -2.25. The second-order valence-electron chi connectivity index (χ2n) is 10.8. The molecule has 0 amide bonds. The van der Waals surface area contributed by atoms with Crippen LogP contribution < -0.4 is 20.0 Å². The van der Waals surface area contributed by atoms with Gasteiger partial charge in [0.05, 0.1) is 12.8 Å². The molecule has 40 heavy (non-hydrogen) atoms. The molecule has 2 saturated heterocycles. The summed E-state index contributed by atoms with van der Waals surface area (Å²) < 4.78 is 8.46. The van der Waals surface area contributed by atoms with Crippen molar-refractivity contribution in [2.45, 2.75) is 53.0 Å². The Bertz CT molecular complexity index is 1480. The van der Waals surface area contributed by atoms with Crippen LogP contribution in [0, 0.1) is 20.8 Å². The van der Waals surface area contributed by atoms with Gasteiger partial charge in [-0.2, -0.15) is 20.1 Å². The summed E-state index contributed by atoms with van der Waals surface area (Å²) >= 11 is 0. The topological polar surface area (TPSA) is 83.7 Å². The number of benzene rings is 2. The lowest BCUT2D eigenvalue weighted by Gasteiger charge is -2.20. The fraction of sp³-hybridized carbons (Fsp3) is 0.419. The van der Waals surface area contributed by atoms with Crippen molar-refractivity contribution in [3.05, 3.63) is 64.8 Å². The van der Waals surface area contributed by atoms with E-state index in [0.717, 1.165) is 72.6 Å². The average Bonchev–Trinajstić information content (AvgIpc) is 3.73. The minimum Gasteiger partial charge on any atom is -0.491 e. The number of hydrazone groups is 1. The molecule has 0 radical (unpaired) electrons. The third-order valence-corrected chi connectivity index (χ3v) is 7.93. The Balaban J connectivity index is 1.22. The molecule has 1 N–H and O–H groups in total. The minimum absolute atomic E-state index is 0.485. The number of hydrogen-bond acceptors (Lipinski definition) is 8. The molecule has 4 heterocycles. The van der Waals surface area contributed by atoms with E-state index in [9.17, 15) is 0 Å². The van der Waals surface area contributed by atoms with Gasteiger partial charge in [0.25, 0.3) is 0 Å². The van der Waals surface area contributed by atoms with Crippen LogP contribution in [0.4, 0.5) is 17.8 Å². The zero-order valence-corrected chi connectivity index (χ0v) is 23.7. The van der Waals surface area contributed by atoms with Gasteiger partial charge in [0, 0.05) is 48.3 Å². The highest BCUT2D eigenvalue weighted by Crippen LogP contribution is 2.26. The normalized spacial score (nSPS) is 15.6. The average molecular weight is 539 g/mol. The van der Waals surface area contributed by atoms with Crippen LogP contribution in [0.5, 0.6) is 5.75 Å². The number of rotatable bonds is 9. The van der Waals surface area contributed by atoms with Crippen molar-refractivity contribution < 1.29 is 4.74 Å². The maximum absolute atomic E-state index is 6.16. The smallest absolute Gasteiger partial charge is 0.250 e. The molecule has 4 aromatic rings. The molecule has 2 aliphatic heterocycles. The van der Waals surface area contributed by atoms with Crippen molar-refractivity contribution in [1.82, 2.24) is 19.5 Å². The van der Waals surface area contributed by atoms with Crippen LogP contribution in [-0.4, -0.2) is 58.5 Å². The van der Waals surface area contributed by atoms with Crippen LogP contribution in [0.1, 0.15) is 48.1 Å². The quantitative estimate of drug-likeness (QED) is 0.223. The summed E-state index contributed by atoms with van der Waals surface area (Å²) in [4.78, 5) is 18.7. The van der Waals surface area contributed by atoms with Crippen LogP contribution in [0.3, 0.4) is 0 Å². The fourth-order valence-corrected chi connectivity index (χ4v) is 5.79. The molecule has 2 aliphatic rings. The van der Waals surface area contributed by atoms with E-state index in [4.69, 9.17) is 19.7 Å². The molecule has 0 spiro atoms. The van der Waals surface area contributed by atoms with E-state index in [0.29, 0.717) is 12.6 Å². The largest absolute Gasteiger partial charge is 0.491 e. The molecule has 2 aromatic carbocycles. The van der Waals surface area contributed by atoms with E-state index >= 15 is 0 Å². The van der Waals surface area contributed by atoms with Crippen LogP contribution in [0.15, 0.2) is 47.6 Å². The Morgan fingerprint density at radius 2 is 1.55 bits per heavy atom. The number of fused-ring (bicyclic) bond motifs is 1. The van der Waals surface area contributed by atoms with Gasteiger partial charge in [-0.05, 0) is 64.2 Å². The van der Waals surface area contributed by atoms with Crippen LogP contribution >= 0.6 is 0 Å². The standard InChI is InChI=1S/C31H38N8O/c1-22-12-13-28(23(2)20-22)40-19-18-39-24(3)26(25-10-4-5-11-27(25)39)21-32-36-29-33-30(37-14-6-7-15-37)35-31(34-29)38-16-8-9-17-38/h4-5,10-13,20-21H,6-9,14-19H2,1-3H3,(H,33,34,35,36). The number of anilines is 3. The zero-order chi connectivity index (χ0) is 27.5. The lowest BCUT2D eigenvalue weighted by molar-refractivity contribution is 0.297. The highest BCUT2D eigenvalue weighted by atomic mass is 16.5. The summed E-state index contributed by atoms with van der Waals surface area (Å²) in [5, 5.41) is 5.77. The van der Waals surface area contributed by atoms with E-state index in [2.05, 4.69) is 88.1 Å². The Morgan fingerprint density at radius 1 is 0.875 bits per heavy atom. The summed E-state index contributed by atoms with van der Waals surface area (Å²) in [7, 11) is 0. The number of aryl methyl sites for hydroxylation is 2. The first-order valence-electron chi connectivity index (χ1n) is 14.4. The van der Waals surface area contributed by atoms with Gasteiger partial charge in [-0.25, -0.2) is 5.43 Å². The van der Waals surface area contributed by atoms with E-state index in [1.54, 1.807) is 0 Å². The number of para-hydroxylation sites is 1. The number of aromatic nitrogens is 4. The number of ether oxygens (including phenoxy) is 1. The maximum Gasteiger partial charge on any atom is 0.250 e. The summed E-state index contributed by atoms with van der Waals surface area (Å²) in [5.74, 6) is 2.90. The second kappa shape index (κ2) is 11.5. The third kappa shape index (κ3) is 5.46. The number of nitrogens with one attached hydrogen (secondary N) is 1. The monoisotopic (exact) mass is 538 g/mol. The number of nitrogens with zero attached hydrogens (tertiary/aromatic N) is 7. The SMILES string of the molecule is Cc1ccc(OCCn2c(C)c(C=NNc3nc(N4CCCC4)nc(N4CCCC4)n3)c3ccccc32)c(C)c1. The Hall–Kier alpha value is -4.14. The molecule has 2 fully saturated rings. The first-order valence-corrected chi connectivity index (χ1v) is 14.4. The summed E-state index contributed by atoms with van der Waals surface area (Å²) in [6.45, 7) is 11.6. The highest BCUT2D eigenvalue weighted by molar-refractivity contribution is 6.01. The van der Waals surface area contributed by atoms with E-state index in [1.807, 2.05) is 6.21 Å². The van der Waals surface area contributed by atoms with Crippen molar-refractivity contribution >= 4 is 35.0 Å². The van der Waals surface area contributed by atoms with Gasteiger partial charge in [-0.3, -0.25) is 0 Å². The molecule has 2 aromatic heterocycles. The molecule has 208 valence electrons. The van der Waals surface area contributed by atoms with Gasteiger partial charge in [0.15, 0.2) is 0 Å². The molecule has 0 saturated carbocycles. The van der Waals surface area contributed by atoms with Crippen molar-refractivity contribution in [1.29, 1.82) is 0 Å². The molecule has 6 rings (SSSR count). The molecular weight excluding hydrogens is 500 g/mol. The van der Waals surface area contributed by atoms with Crippen LogP contribution in [0.25, 0.3) is 10.9 Å². The Kier molecular flexibility index (Phi) is 7.53. The van der Waals surface area contributed by atoms with Crippen molar-refractivity contribution in [3.8, 4) is 5.75 Å². The second-order valence-corrected chi connectivity index (χ2v) is 10.8. The van der Waals surface area contributed by atoms with E-state index < -0.39 is 0 Å². The Morgan fingerprint density at radius 3 is 2.23 bits per heavy atom. The van der Waals surface area contributed by atoms with Gasteiger partial charge in [0.1, 0.15) is 12.4 Å². The zero-order valence-electron chi connectivity index (χ0n) is 23.7.